The fourth-order valence-corrected chi connectivity index (χ4v) is 2.05. The second-order valence-electron chi connectivity index (χ2n) is 4.38. The minimum absolute atomic E-state index is 0.367. The van der Waals surface area contributed by atoms with Crippen molar-refractivity contribution in [2.24, 2.45) is 0 Å². The summed E-state index contributed by atoms with van der Waals surface area (Å²) in [4.78, 5) is 11.6. The van der Waals surface area contributed by atoms with Crippen LogP contribution in [-0.2, 0) is 0 Å². The minimum Gasteiger partial charge on any atom is -0.497 e. The number of methoxy groups -OCH3 is 1. The second-order valence-corrected chi connectivity index (χ2v) is 4.38. The smallest absolute Gasteiger partial charge is 0.215 e. The Morgan fingerprint density at radius 2 is 2.05 bits per heavy atom. The van der Waals surface area contributed by atoms with Gasteiger partial charge in [0.25, 0.3) is 0 Å². The number of hydrogen-bond donors (Lipinski definition) is 1. The normalized spacial score (nSPS) is 10.8. The Kier molecular flexibility index (Phi) is 3.43. The van der Waals surface area contributed by atoms with Gasteiger partial charge in [-0.1, -0.05) is 0 Å². The van der Waals surface area contributed by atoms with Gasteiger partial charge in [-0.05, 0) is 25.1 Å². The van der Waals surface area contributed by atoms with Gasteiger partial charge in [-0.2, -0.15) is 4.98 Å². The summed E-state index contributed by atoms with van der Waals surface area (Å²) in [5.41, 5.74) is 1.58. The molecule has 0 radical (unpaired) electrons. The molecule has 0 unspecified atom stereocenters. The van der Waals surface area contributed by atoms with E-state index < -0.39 is 5.82 Å². The fraction of sp³-hybridized carbons (Fsp3) is 0.200. The van der Waals surface area contributed by atoms with E-state index in [9.17, 15) is 4.39 Å². The van der Waals surface area contributed by atoms with Crippen LogP contribution >= 0.6 is 0 Å². The number of hydrogen-bond acceptors (Lipinski definition) is 4. The Bertz CT molecular complexity index is 786. The number of aromatic amines is 1. The predicted molar refractivity (Wildman–Crippen MR) is 77.0 cm³/mol. The van der Waals surface area contributed by atoms with E-state index in [0.717, 1.165) is 5.52 Å². The first kappa shape index (κ1) is 13.4. The van der Waals surface area contributed by atoms with Crippen LogP contribution in [0.4, 0.5) is 4.39 Å². The summed E-state index contributed by atoms with van der Waals surface area (Å²) >= 11 is 0. The van der Waals surface area contributed by atoms with Gasteiger partial charge in [-0.15, -0.1) is 0 Å². The molecule has 0 bridgehead atoms. The molecule has 0 fully saturated rings. The van der Waals surface area contributed by atoms with E-state index >= 15 is 0 Å². The Morgan fingerprint density at radius 3 is 2.76 bits per heavy atom. The van der Waals surface area contributed by atoms with Crippen molar-refractivity contribution in [3.05, 3.63) is 36.1 Å². The van der Waals surface area contributed by atoms with Crippen molar-refractivity contribution in [2.75, 3.05) is 13.7 Å². The monoisotopic (exact) mass is 287 g/mol. The van der Waals surface area contributed by atoms with Gasteiger partial charge in [0.1, 0.15) is 17.4 Å². The average Bonchev–Trinajstić information content (AvgIpc) is 2.90. The van der Waals surface area contributed by atoms with Crippen molar-refractivity contribution in [3.63, 3.8) is 0 Å². The van der Waals surface area contributed by atoms with Gasteiger partial charge >= 0.3 is 0 Å². The highest BCUT2D eigenvalue weighted by atomic mass is 19.1. The first-order chi connectivity index (χ1) is 10.2. The van der Waals surface area contributed by atoms with Crippen molar-refractivity contribution in [2.45, 2.75) is 6.92 Å². The number of nitrogens with zero attached hydrogens (tertiary/aromatic N) is 2. The van der Waals surface area contributed by atoms with Crippen LogP contribution < -0.4 is 9.47 Å². The summed E-state index contributed by atoms with van der Waals surface area (Å²) in [5, 5.41) is 0. The second kappa shape index (κ2) is 5.40. The molecule has 0 aliphatic carbocycles. The molecule has 6 heteroatoms. The van der Waals surface area contributed by atoms with Crippen molar-refractivity contribution < 1.29 is 13.9 Å². The molecule has 0 atom stereocenters. The van der Waals surface area contributed by atoms with Gasteiger partial charge in [-0.25, -0.2) is 9.37 Å². The molecule has 3 rings (SSSR count). The number of pyridine rings is 1. The van der Waals surface area contributed by atoms with Gasteiger partial charge in [0.05, 0.1) is 24.8 Å². The molecule has 0 aliphatic rings. The quantitative estimate of drug-likeness (QED) is 0.800. The molecule has 1 N–H and O–H groups in total. The average molecular weight is 287 g/mol. The Balaban J connectivity index is 2.04. The SMILES string of the molecule is CCOc1ccc2[nH]c(-c3ccc(OC)cc3F)nc2n1. The standard InChI is InChI=1S/C15H14FN3O2/c1-3-21-13-7-6-12-15(18-13)19-14(17-12)10-5-4-9(20-2)8-11(10)16/h4-8H,3H2,1-2H3,(H,17,18,19). The molecular weight excluding hydrogens is 273 g/mol. The number of halogens is 1. The summed E-state index contributed by atoms with van der Waals surface area (Å²) in [6.07, 6.45) is 0. The first-order valence-corrected chi connectivity index (χ1v) is 6.54. The molecule has 2 heterocycles. The Labute approximate surface area is 120 Å². The third kappa shape index (κ3) is 2.52. The summed E-state index contributed by atoms with van der Waals surface area (Å²) in [6.45, 7) is 2.41. The van der Waals surface area contributed by atoms with Gasteiger partial charge in [0.2, 0.25) is 5.88 Å². The lowest BCUT2D eigenvalue weighted by atomic mass is 10.2. The van der Waals surface area contributed by atoms with Crippen LogP contribution in [-0.4, -0.2) is 28.7 Å². The number of nitrogens with one attached hydrogen (secondary N) is 1. The summed E-state index contributed by atoms with van der Waals surface area (Å²) in [5.74, 6) is 0.979. The fourth-order valence-electron chi connectivity index (χ4n) is 2.05. The highest BCUT2D eigenvalue weighted by molar-refractivity contribution is 5.76. The number of fused-ring (bicyclic) bond motifs is 1. The highest BCUT2D eigenvalue weighted by Gasteiger charge is 2.12. The van der Waals surface area contributed by atoms with E-state index in [1.165, 1.54) is 13.2 Å². The molecule has 21 heavy (non-hydrogen) atoms. The van der Waals surface area contributed by atoms with E-state index in [1.807, 2.05) is 13.0 Å². The summed E-state index contributed by atoms with van der Waals surface area (Å²) in [6, 6.07) is 8.19. The number of ether oxygens (including phenoxy) is 2. The van der Waals surface area contributed by atoms with E-state index in [0.29, 0.717) is 35.3 Å². The van der Waals surface area contributed by atoms with E-state index in [4.69, 9.17) is 9.47 Å². The third-order valence-corrected chi connectivity index (χ3v) is 3.04. The van der Waals surface area contributed by atoms with Crippen LogP contribution in [0.2, 0.25) is 0 Å². The van der Waals surface area contributed by atoms with Crippen LogP contribution in [0.25, 0.3) is 22.6 Å². The van der Waals surface area contributed by atoms with Gasteiger partial charge in [-0.3, -0.25) is 0 Å². The molecular formula is C15H14FN3O2. The van der Waals surface area contributed by atoms with Crippen LogP contribution in [0.1, 0.15) is 6.92 Å². The zero-order valence-corrected chi connectivity index (χ0v) is 11.7. The lowest BCUT2D eigenvalue weighted by molar-refractivity contribution is 0.328. The lowest BCUT2D eigenvalue weighted by Gasteiger charge is -2.02. The molecule has 0 saturated carbocycles. The zero-order valence-electron chi connectivity index (χ0n) is 11.7. The van der Waals surface area contributed by atoms with Gasteiger partial charge in [0.15, 0.2) is 5.65 Å². The maximum absolute atomic E-state index is 14.1. The summed E-state index contributed by atoms with van der Waals surface area (Å²) in [7, 11) is 1.49. The topological polar surface area (TPSA) is 60.0 Å². The van der Waals surface area contributed by atoms with Crippen LogP contribution in [0, 0.1) is 5.82 Å². The molecule has 0 aliphatic heterocycles. The number of H-pyrrole nitrogens is 1. The maximum Gasteiger partial charge on any atom is 0.215 e. The Hall–Kier alpha value is -2.63. The predicted octanol–water partition coefficient (Wildman–Crippen LogP) is 3.17. The van der Waals surface area contributed by atoms with Crippen molar-refractivity contribution in [1.29, 1.82) is 0 Å². The van der Waals surface area contributed by atoms with Gasteiger partial charge < -0.3 is 14.5 Å². The van der Waals surface area contributed by atoms with Crippen molar-refractivity contribution in [3.8, 4) is 23.0 Å². The number of imidazole rings is 1. The van der Waals surface area contributed by atoms with E-state index in [1.54, 1.807) is 18.2 Å². The van der Waals surface area contributed by atoms with E-state index in [2.05, 4.69) is 15.0 Å². The van der Waals surface area contributed by atoms with Crippen LogP contribution in [0.15, 0.2) is 30.3 Å². The molecule has 0 amide bonds. The molecule has 2 aromatic heterocycles. The first-order valence-electron chi connectivity index (χ1n) is 6.54. The maximum atomic E-state index is 14.1. The molecule has 108 valence electrons. The molecule has 0 saturated heterocycles. The third-order valence-electron chi connectivity index (χ3n) is 3.04. The largest absolute Gasteiger partial charge is 0.497 e. The zero-order chi connectivity index (χ0) is 14.8. The molecule has 1 aromatic carbocycles. The molecule has 0 spiro atoms. The minimum atomic E-state index is -0.404. The van der Waals surface area contributed by atoms with Crippen LogP contribution in [0.3, 0.4) is 0 Å². The van der Waals surface area contributed by atoms with Crippen molar-refractivity contribution in [1.82, 2.24) is 15.0 Å². The summed E-state index contributed by atoms with van der Waals surface area (Å²) < 4.78 is 24.4. The van der Waals surface area contributed by atoms with E-state index in [-0.39, 0.29) is 0 Å². The van der Waals surface area contributed by atoms with Crippen LogP contribution in [0.5, 0.6) is 11.6 Å². The van der Waals surface area contributed by atoms with Gasteiger partial charge in [0, 0.05) is 12.1 Å². The number of rotatable bonds is 4. The number of benzene rings is 1. The lowest BCUT2D eigenvalue weighted by Crippen LogP contribution is -1.93. The molecule has 3 aromatic rings. The highest BCUT2D eigenvalue weighted by Crippen LogP contribution is 2.26. The molecule has 5 nitrogen and oxygen atoms in total. The van der Waals surface area contributed by atoms with Crippen molar-refractivity contribution >= 4 is 11.2 Å². The Morgan fingerprint density at radius 1 is 1.19 bits per heavy atom. The number of aromatic nitrogens is 3.